The zero-order chi connectivity index (χ0) is 20.6. The van der Waals surface area contributed by atoms with Gasteiger partial charge in [-0.3, -0.25) is 0 Å². The first-order valence-corrected chi connectivity index (χ1v) is 10.3. The molecule has 28 heavy (non-hydrogen) atoms. The van der Waals surface area contributed by atoms with Crippen LogP contribution in [0.15, 0.2) is 31.4 Å². The molecule has 1 aliphatic rings. The minimum atomic E-state index is 0.107. The number of hydrogen-bond acceptors (Lipinski definition) is 6. The average molecular weight is 387 g/mol. The summed E-state index contributed by atoms with van der Waals surface area (Å²) in [6.45, 7) is 22.1. The van der Waals surface area contributed by atoms with Gasteiger partial charge in [-0.25, -0.2) is 0 Å². The summed E-state index contributed by atoms with van der Waals surface area (Å²) in [5, 5.41) is 10.4. The zero-order valence-corrected chi connectivity index (χ0v) is 18.1. The van der Waals surface area contributed by atoms with E-state index in [2.05, 4.69) is 67.8 Å². The number of nitrogens with one attached hydrogen (secondary N) is 3. The van der Waals surface area contributed by atoms with E-state index >= 15 is 0 Å². The van der Waals surface area contributed by atoms with Crippen LogP contribution in [0.1, 0.15) is 40.5 Å². The van der Waals surface area contributed by atoms with E-state index in [0.29, 0.717) is 5.95 Å². The second-order valence-electron chi connectivity index (χ2n) is 9.19. The van der Waals surface area contributed by atoms with Crippen LogP contribution in [0.4, 0.5) is 17.6 Å². The number of rotatable bonds is 11. The lowest BCUT2D eigenvalue weighted by molar-refractivity contribution is 0.396. The highest BCUT2D eigenvalue weighted by molar-refractivity contribution is 5.54. The third kappa shape index (κ3) is 7.15. The summed E-state index contributed by atoms with van der Waals surface area (Å²) >= 11 is 0. The summed E-state index contributed by atoms with van der Waals surface area (Å²) in [5.41, 5.74) is 0.233. The quantitative estimate of drug-likeness (QED) is 0.501. The Labute approximate surface area is 170 Å². The summed E-state index contributed by atoms with van der Waals surface area (Å²) < 4.78 is 0. The number of piperazine rings is 1. The minimum Gasteiger partial charge on any atom is -0.369 e. The molecule has 156 valence electrons. The van der Waals surface area contributed by atoms with Crippen molar-refractivity contribution >= 4 is 17.6 Å². The molecule has 0 bridgehead atoms. The normalized spacial score (nSPS) is 15.2. The highest BCUT2D eigenvalue weighted by atomic mass is 15.3. The van der Waals surface area contributed by atoms with Crippen LogP contribution in [-0.4, -0.2) is 49.2 Å². The van der Waals surface area contributed by atoms with Gasteiger partial charge in [0.05, 0.1) is 0 Å². The van der Waals surface area contributed by atoms with Crippen LogP contribution < -0.4 is 20.9 Å². The van der Waals surface area contributed by atoms with Crippen LogP contribution in [0, 0.1) is 10.8 Å². The average Bonchev–Trinajstić information content (AvgIpc) is 2.65. The van der Waals surface area contributed by atoms with Crippen LogP contribution in [0.5, 0.6) is 0 Å². The van der Waals surface area contributed by atoms with Gasteiger partial charge < -0.3 is 20.9 Å². The third-order valence-electron chi connectivity index (χ3n) is 5.02. The molecule has 6 nitrogen and oxygen atoms in total. The number of anilines is 3. The van der Waals surface area contributed by atoms with Crippen molar-refractivity contribution < 1.29 is 0 Å². The van der Waals surface area contributed by atoms with Crippen molar-refractivity contribution in [3.63, 3.8) is 0 Å². The van der Waals surface area contributed by atoms with Crippen molar-refractivity contribution in [3.05, 3.63) is 31.4 Å². The largest absolute Gasteiger partial charge is 0.369 e. The summed E-state index contributed by atoms with van der Waals surface area (Å²) in [4.78, 5) is 11.8. The van der Waals surface area contributed by atoms with E-state index in [4.69, 9.17) is 9.97 Å². The molecule has 0 atom stereocenters. The Bertz CT molecular complexity index is 602. The number of allylic oxidation sites excluding steroid dienone is 2. The fourth-order valence-corrected chi connectivity index (χ4v) is 3.23. The molecule has 6 heteroatoms. The van der Waals surface area contributed by atoms with Crippen molar-refractivity contribution in [2.75, 3.05) is 54.8 Å². The van der Waals surface area contributed by atoms with Gasteiger partial charge >= 0.3 is 0 Å². The lowest BCUT2D eigenvalue weighted by Crippen LogP contribution is -2.44. The minimum absolute atomic E-state index is 0.107. The summed E-state index contributed by atoms with van der Waals surface area (Å²) in [7, 11) is 0. The first kappa shape index (κ1) is 22.2. The second kappa shape index (κ2) is 9.92. The predicted octanol–water partition coefficient (Wildman–Crippen LogP) is 3.91. The fraction of sp³-hybridized carbons (Fsp3) is 0.636. The highest BCUT2D eigenvalue weighted by Gasteiger charge is 2.20. The Morgan fingerprint density at radius 2 is 1.57 bits per heavy atom. The van der Waals surface area contributed by atoms with Crippen LogP contribution >= 0.6 is 0 Å². The summed E-state index contributed by atoms with van der Waals surface area (Å²) in [6.07, 6.45) is 5.84. The van der Waals surface area contributed by atoms with Gasteiger partial charge in [0.1, 0.15) is 11.6 Å². The van der Waals surface area contributed by atoms with Crippen LogP contribution in [0.3, 0.4) is 0 Å². The van der Waals surface area contributed by atoms with Crippen LogP contribution in [0.25, 0.3) is 0 Å². The Kier molecular flexibility index (Phi) is 7.87. The van der Waals surface area contributed by atoms with Gasteiger partial charge in [0, 0.05) is 45.3 Å². The van der Waals surface area contributed by atoms with Crippen molar-refractivity contribution in [1.82, 2.24) is 15.3 Å². The van der Waals surface area contributed by atoms with Crippen LogP contribution in [-0.2, 0) is 0 Å². The summed E-state index contributed by atoms with van der Waals surface area (Å²) in [6, 6.07) is 2.06. The topological polar surface area (TPSA) is 65.1 Å². The van der Waals surface area contributed by atoms with Crippen molar-refractivity contribution in [1.29, 1.82) is 0 Å². The Morgan fingerprint density at radius 1 is 1.00 bits per heavy atom. The first-order valence-electron chi connectivity index (χ1n) is 10.3. The molecular formula is C22H38N6. The molecule has 1 saturated heterocycles. The van der Waals surface area contributed by atoms with Crippen molar-refractivity contribution in [3.8, 4) is 0 Å². The molecule has 0 unspecified atom stereocenters. The number of nitrogens with zero attached hydrogens (tertiary/aromatic N) is 3. The molecule has 0 saturated carbocycles. The smallest absolute Gasteiger partial charge is 0.226 e. The molecule has 1 aliphatic heterocycles. The Balaban J connectivity index is 2.17. The SMILES string of the molecule is C=CCC(C)(C)CNc1cc(N2CCNCC2)nc(NCC(C)(C)CC=C)n1. The van der Waals surface area contributed by atoms with Gasteiger partial charge in [0.2, 0.25) is 5.95 Å². The molecule has 3 N–H and O–H groups in total. The van der Waals surface area contributed by atoms with Gasteiger partial charge in [-0.05, 0) is 23.7 Å². The summed E-state index contributed by atoms with van der Waals surface area (Å²) in [5.74, 6) is 2.52. The van der Waals surface area contributed by atoms with E-state index in [9.17, 15) is 0 Å². The van der Waals surface area contributed by atoms with E-state index < -0.39 is 0 Å². The third-order valence-corrected chi connectivity index (χ3v) is 5.02. The van der Waals surface area contributed by atoms with E-state index in [1.54, 1.807) is 0 Å². The molecular weight excluding hydrogens is 348 g/mol. The zero-order valence-electron chi connectivity index (χ0n) is 18.1. The van der Waals surface area contributed by atoms with E-state index in [0.717, 1.165) is 63.7 Å². The van der Waals surface area contributed by atoms with E-state index in [1.807, 2.05) is 12.2 Å². The molecule has 0 spiro atoms. The highest BCUT2D eigenvalue weighted by Crippen LogP contribution is 2.25. The molecule has 2 rings (SSSR count). The first-order chi connectivity index (χ1) is 13.2. The fourth-order valence-electron chi connectivity index (χ4n) is 3.23. The van der Waals surface area contributed by atoms with Gasteiger partial charge in [-0.1, -0.05) is 39.8 Å². The number of aromatic nitrogens is 2. The van der Waals surface area contributed by atoms with Crippen LogP contribution in [0.2, 0.25) is 0 Å². The Morgan fingerprint density at radius 3 is 2.14 bits per heavy atom. The standard InChI is InChI=1S/C22H38N6/c1-7-9-21(3,4)16-24-18-15-19(28-13-11-23-12-14-28)27-20(26-18)25-17-22(5,6)10-8-2/h7-8,15,23H,1-2,9-14,16-17H2,3-6H3,(H2,24,25,26,27). The maximum Gasteiger partial charge on any atom is 0.226 e. The molecule has 0 amide bonds. The van der Waals surface area contributed by atoms with E-state index in [1.165, 1.54) is 0 Å². The second-order valence-corrected chi connectivity index (χ2v) is 9.19. The van der Waals surface area contributed by atoms with Gasteiger partial charge in [-0.15, -0.1) is 13.2 Å². The molecule has 1 fully saturated rings. The number of hydrogen-bond donors (Lipinski definition) is 3. The molecule has 1 aromatic heterocycles. The lowest BCUT2D eigenvalue weighted by atomic mass is 9.89. The molecule has 0 radical (unpaired) electrons. The van der Waals surface area contributed by atoms with Gasteiger partial charge in [0.25, 0.3) is 0 Å². The van der Waals surface area contributed by atoms with E-state index in [-0.39, 0.29) is 10.8 Å². The maximum absolute atomic E-state index is 4.79. The Hall–Kier alpha value is -2.08. The molecule has 0 aliphatic carbocycles. The lowest BCUT2D eigenvalue weighted by Gasteiger charge is -2.30. The monoisotopic (exact) mass is 386 g/mol. The van der Waals surface area contributed by atoms with Crippen molar-refractivity contribution in [2.45, 2.75) is 40.5 Å². The maximum atomic E-state index is 4.79. The molecule has 1 aromatic rings. The van der Waals surface area contributed by atoms with Gasteiger partial charge in [-0.2, -0.15) is 9.97 Å². The van der Waals surface area contributed by atoms with Crippen molar-refractivity contribution in [2.24, 2.45) is 10.8 Å². The molecule has 2 heterocycles. The molecule has 0 aromatic carbocycles. The van der Waals surface area contributed by atoms with Gasteiger partial charge in [0.15, 0.2) is 0 Å². The predicted molar refractivity (Wildman–Crippen MR) is 121 cm³/mol.